The van der Waals surface area contributed by atoms with E-state index >= 15 is 0 Å². The van der Waals surface area contributed by atoms with Crippen LogP contribution in [0.5, 0.6) is 0 Å². The van der Waals surface area contributed by atoms with Crippen LogP contribution in [0.15, 0.2) is 48.5 Å². The smallest absolute Gasteiger partial charge is 0.0112 e. The zero-order valence-electron chi connectivity index (χ0n) is 20.4. The van der Waals surface area contributed by atoms with Crippen molar-refractivity contribution >= 4 is 16.8 Å². The third kappa shape index (κ3) is 12.2. The highest BCUT2D eigenvalue weighted by Crippen LogP contribution is 2.20. The Labute approximate surface area is 193 Å². The SMILES string of the molecule is CCCCCCCCCCCCCCCCCCC/C=C/c1cccc2ccccc12. The van der Waals surface area contributed by atoms with Crippen LogP contribution < -0.4 is 0 Å². The highest BCUT2D eigenvalue weighted by atomic mass is 14.0. The molecule has 0 nitrogen and oxygen atoms in total. The van der Waals surface area contributed by atoms with Gasteiger partial charge in [0.2, 0.25) is 0 Å². The molecule has 0 fully saturated rings. The average Bonchev–Trinajstić information content (AvgIpc) is 2.80. The number of unbranched alkanes of at least 4 members (excludes halogenated alkanes) is 17. The lowest BCUT2D eigenvalue weighted by Crippen LogP contribution is -1.83. The van der Waals surface area contributed by atoms with Crippen molar-refractivity contribution in [3.8, 4) is 0 Å². The van der Waals surface area contributed by atoms with Crippen LogP contribution in [0.4, 0.5) is 0 Å². The van der Waals surface area contributed by atoms with Crippen LogP contribution in [0.2, 0.25) is 0 Å². The average molecular weight is 421 g/mol. The number of benzene rings is 2. The monoisotopic (exact) mass is 420 g/mol. The van der Waals surface area contributed by atoms with Crippen LogP contribution in [0, 0.1) is 0 Å². The first-order chi connectivity index (χ1) is 15.4. The lowest BCUT2D eigenvalue weighted by molar-refractivity contribution is 0.527. The van der Waals surface area contributed by atoms with Crippen LogP contribution in [-0.4, -0.2) is 0 Å². The van der Waals surface area contributed by atoms with E-state index < -0.39 is 0 Å². The van der Waals surface area contributed by atoms with Gasteiger partial charge in [0.15, 0.2) is 0 Å². The number of hydrogen-bond donors (Lipinski definition) is 0. The van der Waals surface area contributed by atoms with Gasteiger partial charge in [0.1, 0.15) is 0 Å². The van der Waals surface area contributed by atoms with E-state index in [-0.39, 0.29) is 0 Å². The molecule has 0 saturated heterocycles. The van der Waals surface area contributed by atoms with E-state index in [4.69, 9.17) is 0 Å². The van der Waals surface area contributed by atoms with Crippen molar-refractivity contribution < 1.29 is 0 Å². The molecule has 0 radical (unpaired) electrons. The van der Waals surface area contributed by atoms with Crippen molar-refractivity contribution in [3.05, 3.63) is 54.1 Å². The molecule has 0 aliphatic heterocycles. The van der Waals surface area contributed by atoms with Gasteiger partial charge in [0, 0.05) is 0 Å². The number of hydrogen-bond acceptors (Lipinski definition) is 0. The molecule has 0 amide bonds. The minimum atomic E-state index is 1.21. The van der Waals surface area contributed by atoms with Gasteiger partial charge in [-0.3, -0.25) is 0 Å². The molecule has 0 aliphatic rings. The normalized spacial score (nSPS) is 11.6. The fourth-order valence-electron chi connectivity index (χ4n) is 4.59. The standard InChI is InChI=1S/C31H48/c1-2-3-4-5-6-7-8-9-10-11-12-13-14-15-16-17-18-19-20-24-29-26-23-27-30-25-21-22-28-31(29)30/h20-28H,2-19H2,1H3/b24-20+. The minimum absolute atomic E-state index is 1.21. The lowest BCUT2D eigenvalue weighted by Gasteiger charge is -2.03. The summed E-state index contributed by atoms with van der Waals surface area (Å²) >= 11 is 0. The summed E-state index contributed by atoms with van der Waals surface area (Å²) < 4.78 is 0. The van der Waals surface area contributed by atoms with Crippen molar-refractivity contribution in [2.45, 2.75) is 122 Å². The molecule has 0 N–H and O–H groups in total. The summed E-state index contributed by atoms with van der Waals surface area (Å²) in [5.41, 5.74) is 1.35. The van der Waals surface area contributed by atoms with E-state index in [1.807, 2.05) is 0 Å². The van der Waals surface area contributed by atoms with Gasteiger partial charge in [-0.15, -0.1) is 0 Å². The fraction of sp³-hybridized carbons (Fsp3) is 0.613. The van der Waals surface area contributed by atoms with Crippen molar-refractivity contribution in [2.24, 2.45) is 0 Å². The summed E-state index contributed by atoms with van der Waals surface area (Å²) in [6, 6.07) is 15.3. The van der Waals surface area contributed by atoms with Crippen molar-refractivity contribution in [2.75, 3.05) is 0 Å². The number of allylic oxidation sites excluding steroid dienone is 1. The van der Waals surface area contributed by atoms with Crippen molar-refractivity contribution in [3.63, 3.8) is 0 Å². The first-order valence-electron chi connectivity index (χ1n) is 13.6. The first kappa shape index (κ1) is 25.7. The lowest BCUT2D eigenvalue weighted by atomic mass is 10.0. The Morgan fingerprint density at radius 1 is 0.516 bits per heavy atom. The Bertz CT molecular complexity index is 691. The molecule has 31 heavy (non-hydrogen) atoms. The van der Waals surface area contributed by atoms with E-state index in [0.29, 0.717) is 0 Å². The maximum atomic E-state index is 2.37. The maximum Gasteiger partial charge on any atom is -0.0112 e. The Morgan fingerprint density at radius 2 is 1.00 bits per heavy atom. The molecular formula is C31H48. The van der Waals surface area contributed by atoms with Gasteiger partial charge < -0.3 is 0 Å². The van der Waals surface area contributed by atoms with Gasteiger partial charge >= 0.3 is 0 Å². The molecule has 2 aromatic rings. The third-order valence-electron chi connectivity index (χ3n) is 6.60. The zero-order chi connectivity index (χ0) is 21.8. The second kappa shape index (κ2) is 18.1. The Morgan fingerprint density at radius 3 is 1.58 bits per heavy atom. The van der Waals surface area contributed by atoms with E-state index in [1.165, 1.54) is 132 Å². The molecule has 0 saturated carbocycles. The molecule has 0 aliphatic carbocycles. The largest absolute Gasteiger partial charge is 0.0839 e. The molecule has 0 aromatic heterocycles. The molecule has 2 rings (SSSR count). The quantitative estimate of drug-likeness (QED) is 0.198. The molecule has 0 heterocycles. The minimum Gasteiger partial charge on any atom is -0.0839 e. The summed E-state index contributed by atoms with van der Waals surface area (Å²) in [4.78, 5) is 0. The van der Waals surface area contributed by atoms with Gasteiger partial charge in [0.25, 0.3) is 0 Å². The molecule has 2 aromatic carbocycles. The Balaban J connectivity index is 1.35. The Hall–Kier alpha value is -1.56. The van der Waals surface area contributed by atoms with Crippen LogP contribution in [0.3, 0.4) is 0 Å². The van der Waals surface area contributed by atoms with E-state index in [9.17, 15) is 0 Å². The summed E-state index contributed by atoms with van der Waals surface area (Å²) in [6.45, 7) is 2.30. The third-order valence-corrected chi connectivity index (χ3v) is 6.60. The van der Waals surface area contributed by atoms with Gasteiger partial charge in [0.05, 0.1) is 0 Å². The van der Waals surface area contributed by atoms with E-state index in [1.54, 1.807) is 0 Å². The molecule has 0 bridgehead atoms. The molecule has 0 atom stereocenters. The maximum absolute atomic E-state index is 2.37. The van der Waals surface area contributed by atoms with Crippen LogP contribution >= 0.6 is 0 Å². The predicted octanol–water partition coefficient (Wildman–Crippen LogP) is 10.9. The van der Waals surface area contributed by atoms with Crippen LogP contribution in [0.1, 0.15) is 128 Å². The van der Waals surface area contributed by atoms with Crippen molar-refractivity contribution in [1.82, 2.24) is 0 Å². The second-order valence-electron chi connectivity index (χ2n) is 9.42. The molecular weight excluding hydrogens is 372 g/mol. The first-order valence-corrected chi connectivity index (χ1v) is 13.6. The van der Waals surface area contributed by atoms with Crippen LogP contribution in [-0.2, 0) is 0 Å². The highest BCUT2D eigenvalue weighted by Gasteiger charge is 1.97. The summed E-state index contributed by atoms with van der Waals surface area (Å²) in [5.74, 6) is 0. The Kier molecular flexibility index (Phi) is 15.0. The molecule has 172 valence electrons. The van der Waals surface area contributed by atoms with Gasteiger partial charge in [-0.25, -0.2) is 0 Å². The number of fused-ring (bicyclic) bond motifs is 1. The topological polar surface area (TPSA) is 0 Å². The van der Waals surface area contributed by atoms with Crippen LogP contribution in [0.25, 0.3) is 16.8 Å². The van der Waals surface area contributed by atoms with Gasteiger partial charge in [-0.2, -0.15) is 0 Å². The number of rotatable bonds is 19. The molecule has 0 spiro atoms. The fourth-order valence-corrected chi connectivity index (χ4v) is 4.59. The summed E-state index contributed by atoms with van der Waals surface area (Å²) in [5, 5.41) is 2.70. The van der Waals surface area contributed by atoms with Crippen molar-refractivity contribution in [1.29, 1.82) is 0 Å². The predicted molar refractivity (Wildman–Crippen MR) is 142 cm³/mol. The summed E-state index contributed by atoms with van der Waals surface area (Å²) in [6.07, 6.45) is 30.4. The second-order valence-corrected chi connectivity index (χ2v) is 9.42. The summed E-state index contributed by atoms with van der Waals surface area (Å²) in [7, 11) is 0. The molecule has 0 unspecified atom stereocenters. The van der Waals surface area contributed by atoms with Gasteiger partial charge in [-0.05, 0) is 29.2 Å². The van der Waals surface area contributed by atoms with E-state index in [2.05, 4.69) is 61.5 Å². The zero-order valence-corrected chi connectivity index (χ0v) is 20.4. The highest BCUT2D eigenvalue weighted by molar-refractivity contribution is 5.90. The van der Waals surface area contributed by atoms with E-state index in [0.717, 1.165) is 0 Å². The molecule has 0 heteroatoms. The van der Waals surface area contributed by atoms with Gasteiger partial charge in [-0.1, -0.05) is 164 Å².